The lowest BCUT2D eigenvalue weighted by molar-refractivity contribution is -0.186. The first-order chi connectivity index (χ1) is 23.4. The minimum atomic E-state index is -1.69. The van der Waals surface area contributed by atoms with Crippen LogP contribution < -0.4 is 0 Å². The maximum atomic E-state index is 14.5. The molecule has 0 bridgehead atoms. The lowest BCUT2D eigenvalue weighted by Gasteiger charge is -2.63. The Morgan fingerprint density at radius 3 is 2.28 bits per heavy atom. The number of Topliss-reactive ketones (excluding diaryl/α,β-unsaturated/α-hetero) is 1. The van der Waals surface area contributed by atoms with Gasteiger partial charge in [0.1, 0.15) is 24.9 Å². The van der Waals surface area contributed by atoms with Gasteiger partial charge in [-0.25, -0.2) is 14.4 Å². The molecule has 0 aromatic carbocycles. The van der Waals surface area contributed by atoms with Crippen molar-refractivity contribution in [3.05, 3.63) is 45.1 Å². The molecule has 12 heteroatoms. The summed E-state index contributed by atoms with van der Waals surface area (Å²) in [5.74, 6) is -5.65. The average Bonchev–Trinajstić information content (AvgIpc) is 3.99. The largest absolute Gasteiger partial charge is 0.466 e. The number of esters is 4. The Kier molecular flexibility index (Phi) is 6.73. The molecule has 8 aliphatic rings. The molecular formula is C38H44O12. The SMILES string of the molecule is C/C=C(\C)C(=O)OC[C@]1(O)[C@H]2C[C@H]2[C@]2(C)[C@@H]3C[C@@]4(O)C5=C(/C(=C(\C)C(=O)OC)C(=O)[C@H](O)[C@@]5(C)[C@@H]5C[C@@H]54)[C@@]34OC(=O)C(COC(C)=O)=C4C[C@@H]12. The first-order valence-corrected chi connectivity index (χ1v) is 17.5. The third-order valence-electron chi connectivity index (χ3n) is 14.6. The minimum Gasteiger partial charge on any atom is -0.466 e. The van der Waals surface area contributed by atoms with Gasteiger partial charge >= 0.3 is 23.9 Å². The molecule has 0 unspecified atom stereocenters. The van der Waals surface area contributed by atoms with Gasteiger partial charge in [0.25, 0.3) is 0 Å². The van der Waals surface area contributed by atoms with Gasteiger partial charge in [-0.05, 0) is 86.7 Å². The van der Waals surface area contributed by atoms with E-state index in [0.29, 0.717) is 29.6 Å². The molecule has 12 atom stereocenters. The average molecular weight is 693 g/mol. The van der Waals surface area contributed by atoms with Crippen LogP contribution in [0.25, 0.3) is 0 Å². The zero-order chi connectivity index (χ0) is 36.2. The van der Waals surface area contributed by atoms with Crippen LogP contribution in [0, 0.1) is 46.3 Å². The van der Waals surface area contributed by atoms with E-state index in [9.17, 15) is 39.3 Å². The van der Waals surface area contributed by atoms with Gasteiger partial charge in [0.15, 0.2) is 11.4 Å². The van der Waals surface area contributed by atoms with E-state index in [-0.39, 0.29) is 65.4 Å². The Bertz CT molecular complexity index is 1850. The van der Waals surface area contributed by atoms with Gasteiger partial charge in [0.05, 0.1) is 18.3 Å². The van der Waals surface area contributed by atoms with Crippen molar-refractivity contribution < 1.29 is 58.2 Å². The first kappa shape index (κ1) is 33.5. The van der Waals surface area contributed by atoms with E-state index in [1.54, 1.807) is 26.8 Å². The minimum absolute atomic E-state index is 0.0639. The molecular weight excluding hydrogens is 648 g/mol. The summed E-state index contributed by atoms with van der Waals surface area (Å²) in [6, 6.07) is 0. The number of aliphatic hydroxyl groups excluding tert-OH is 1. The highest BCUT2D eigenvalue weighted by molar-refractivity contribution is 6.12. The number of fused-ring (bicyclic) bond motifs is 7. The van der Waals surface area contributed by atoms with E-state index in [2.05, 4.69) is 0 Å². The fourth-order valence-corrected chi connectivity index (χ4v) is 12.2. The molecule has 0 aromatic heterocycles. The molecule has 1 spiro atoms. The lowest BCUT2D eigenvalue weighted by atomic mass is 9.43. The van der Waals surface area contributed by atoms with Crippen LogP contribution in [0.4, 0.5) is 0 Å². The molecule has 0 aromatic rings. The van der Waals surface area contributed by atoms with Crippen LogP contribution >= 0.6 is 0 Å². The number of ketones is 1. The van der Waals surface area contributed by atoms with Gasteiger partial charge in [0.2, 0.25) is 0 Å². The number of carbonyl (C=O) groups excluding carboxylic acids is 5. The number of hydrogen-bond acceptors (Lipinski definition) is 12. The fourth-order valence-electron chi connectivity index (χ4n) is 12.2. The number of allylic oxidation sites excluding steroid dienone is 1. The number of hydrogen-bond donors (Lipinski definition) is 3. The Labute approximate surface area is 289 Å². The molecule has 5 saturated carbocycles. The third-order valence-corrected chi connectivity index (χ3v) is 14.6. The number of methoxy groups -OCH3 is 1. The predicted octanol–water partition coefficient (Wildman–Crippen LogP) is 2.19. The fraction of sp³-hybridized carbons (Fsp3) is 0.658. The predicted molar refractivity (Wildman–Crippen MR) is 171 cm³/mol. The molecule has 50 heavy (non-hydrogen) atoms. The Hall–Kier alpha value is -3.61. The van der Waals surface area contributed by atoms with Crippen molar-refractivity contribution in [3.8, 4) is 0 Å². The standard InChI is InChI=1S/C38H44O12/c1-8-15(2)31(42)49-14-37(46)23-9-20(23)34(5)24(37)11-19-18(13-48-17(4)39)33(44)50-38(19)25(34)12-36(45)22-10-21(22)35(6)29(36)27(38)26(28(40)30(35)41)16(3)32(43)47-7/h8,20-25,30,41,45-46H,9-14H2,1-7H3/b15-8+,26-16-/t20-,21-,22+,23+,24-,25+,30+,34+,35+,36+,37+,38+/m1/s1. The Balaban J connectivity index is 1.41. The van der Waals surface area contributed by atoms with Gasteiger partial charge < -0.3 is 34.3 Å². The monoisotopic (exact) mass is 692 g/mol. The zero-order valence-corrected chi connectivity index (χ0v) is 29.4. The number of carbonyl (C=O) groups is 5. The number of aliphatic hydroxyl groups is 3. The molecule has 1 heterocycles. The van der Waals surface area contributed by atoms with E-state index >= 15 is 0 Å². The van der Waals surface area contributed by atoms with Crippen LogP contribution in [0.2, 0.25) is 0 Å². The summed E-state index contributed by atoms with van der Waals surface area (Å²) in [4.78, 5) is 66.8. The van der Waals surface area contributed by atoms with E-state index in [1.165, 1.54) is 21.0 Å². The quantitative estimate of drug-likeness (QED) is 0.210. The lowest BCUT2D eigenvalue weighted by Crippen LogP contribution is -2.67. The van der Waals surface area contributed by atoms with Crippen LogP contribution in [-0.2, 0) is 42.9 Å². The molecule has 8 rings (SSSR count). The smallest absolute Gasteiger partial charge is 0.338 e. The van der Waals surface area contributed by atoms with Crippen LogP contribution in [0.1, 0.15) is 67.2 Å². The molecule has 1 aliphatic heterocycles. The van der Waals surface area contributed by atoms with Crippen molar-refractivity contribution in [3.63, 3.8) is 0 Å². The van der Waals surface area contributed by atoms with Gasteiger partial charge in [-0.3, -0.25) is 9.59 Å². The summed E-state index contributed by atoms with van der Waals surface area (Å²) in [7, 11) is 1.18. The van der Waals surface area contributed by atoms with E-state index < -0.39 is 81.8 Å². The summed E-state index contributed by atoms with van der Waals surface area (Å²) in [5, 5.41) is 37.4. The van der Waals surface area contributed by atoms with Crippen LogP contribution in [0.5, 0.6) is 0 Å². The van der Waals surface area contributed by atoms with Crippen LogP contribution in [-0.4, -0.2) is 88.2 Å². The topological polar surface area (TPSA) is 183 Å². The molecule has 268 valence electrons. The second-order valence-electron chi connectivity index (χ2n) is 16.4. The van der Waals surface area contributed by atoms with Crippen molar-refractivity contribution >= 4 is 29.7 Å². The Morgan fingerprint density at radius 1 is 0.960 bits per heavy atom. The number of rotatable bonds is 6. The third kappa shape index (κ3) is 3.65. The highest BCUT2D eigenvalue weighted by Gasteiger charge is 2.86. The molecule has 3 N–H and O–H groups in total. The van der Waals surface area contributed by atoms with Crippen LogP contribution in [0.3, 0.4) is 0 Å². The van der Waals surface area contributed by atoms with Gasteiger partial charge in [-0.1, -0.05) is 19.9 Å². The summed E-state index contributed by atoms with van der Waals surface area (Å²) in [6.45, 7) is 9.09. The molecule has 0 radical (unpaired) electrons. The van der Waals surface area contributed by atoms with Gasteiger partial charge in [-0.2, -0.15) is 0 Å². The van der Waals surface area contributed by atoms with Gasteiger partial charge in [-0.15, -0.1) is 0 Å². The summed E-state index contributed by atoms with van der Waals surface area (Å²) in [6.07, 6.45) is 1.43. The molecule has 5 fully saturated rings. The number of ether oxygens (including phenoxy) is 4. The molecule has 0 saturated heterocycles. The summed E-state index contributed by atoms with van der Waals surface area (Å²) >= 11 is 0. The highest BCUT2D eigenvalue weighted by atomic mass is 16.6. The second-order valence-corrected chi connectivity index (χ2v) is 16.4. The first-order valence-electron chi connectivity index (χ1n) is 17.5. The second kappa shape index (κ2) is 10.0. The van der Waals surface area contributed by atoms with Crippen molar-refractivity contribution in [2.45, 2.75) is 90.1 Å². The maximum absolute atomic E-state index is 14.5. The van der Waals surface area contributed by atoms with Gasteiger partial charge in [0, 0.05) is 46.5 Å². The summed E-state index contributed by atoms with van der Waals surface area (Å²) < 4.78 is 22.8. The summed E-state index contributed by atoms with van der Waals surface area (Å²) in [5.41, 5.74) is -5.46. The van der Waals surface area contributed by atoms with Crippen LogP contribution in [0.15, 0.2) is 45.1 Å². The maximum Gasteiger partial charge on any atom is 0.338 e. The molecule has 7 aliphatic carbocycles. The molecule has 12 nitrogen and oxygen atoms in total. The normalized spacial score (nSPS) is 46.9. The van der Waals surface area contributed by atoms with E-state index in [4.69, 9.17) is 18.9 Å². The van der Waals surface area contributed by atoms with E-state index in [0.717, 1.165) is 0 Å². The molecule has 0 amide bonds. The van der Waals surface area contributed by atoms with Crippen molar-refractivity contribution in [2.24, 2.45) is 46.3 Å². The Morgan fingerprint density at radius 2 is 1.64 bits per heavy atom. The zero-order valence-electron chi connectivity index (χ0n) is 29.4. The van der Waals surface area contributed by atoms with Crippen molar-refractivity contribution in [2.75, 3.05) is 20.3 Å². The van der Waals surface area contributed by atoms with E-state index in [1.807, 2.05) is 6.92 Å². The highest BCUT2D eigenvalue weighted by Crippen LogP contribution is 2.84. The van der Waals surface area contributed by atoms with Crippen molar-refractivity contribution in [1.82, 2.24) is 0 Å². The van der Waals surface area contributed by atoms with Crippen molar-refractivity contribution in [1.29, 1.82) is 0 Å².